The van der Waals surface area contributed by atoms with E-state index in [4.69, 9.17) is 11.6 Å². The van der Waals surface area contributed by atoms with E-state index in [2.05, 4.69) is 15.3 Å². The second-order valence-electron chi connectivity index (χ2n) is 2.48. The molecule has 0 fully saturated rings. The average molecular weight is 232 g/mol. The van der Waals surface area contributed by atoms with Gasteiger partial charge in [0.25, 0.3) is 5.91 Å². The molecule has 1 N–H and O–H groups in total. The van der Waals surface area contributed by atoms with Gasteiger partial charge in [0.05, 0.1) is 12.4 Å². The van der Waals surface area contributed by atoms with Gasteiger partial charge in [-0.15, -0.1) is 0 Å². The molecule has 1 amide bonds. The van der Waals surface area contributed by atoms with Crippen LogP contribution in [0.4, 0.5) is 0 Å². The number of hydrogen-bond donors (Lipinski definition) is 1. The first-order chi connectivity index (χ1) is 6.74. The lowest BCUT2D eigenvalue weighted by Gasteiger charge is -2.02. The highest BCUT2D eigenvalue weighted by molar-refractivity contribution is 7.98. The maximum absolute atomic E-state index is 11.4. The average Bonchev–Trinajstić information content (AvgIpc) is 2.18. The first-order valence-electron chi connectivity index (χ1n) is 3.98. The largest absolute Gasteiger partial charge is 0.350 e. The Labute approximate surface area is 91.5 Å². The van der Waals surface area contributed by atoms with E-state index < -0.39 is 0 Å². The molecule has 0 saturated heterocycles. The molecule has 76 valence electrons. The van der Waals surface area contributed by atoms with Crippen molar-refractivity contribution in [3.8, 4) is 0 Å². The van der Waals surface area contributed by atoms with E-state index in [1.165, 1.54) is 12.4 Å². The highest BCUT2D eigenvalue weighted by atomic mass is 35.5. The minimum Gasteiger partial charge on any atom is -0.350 e. The summed E-state index contributed by atoms with van der Waals surface area (Å²) in [6.07, 6.45) is 4.76. The van der Waals surface area contributed by atoms with Crippen LogP contribution in [0.25, 0.3) is 0 Å². The zero-order valence-corrected chi connectivity index (χ0v) is 9.23. The minimum atomic E-state index is -0.242. The van der Waals surface area contributed by atoms with Crippen molar-refractivity contribution < 1.29 is 4.79 Å². The first-order valence-corrected chi connectivity index (χ1v) is 5.76. The van der Waals surface area contributed by atoms with E-state index >= 15 is 0 Å². The highest BCUT2D eigenvalue weighted by Crippen LogP contribution is 2.02. The Morgan fingerprint density at radius 3 is 3.07 bits per heavy atom. The van der Waals surface area contributed by atoms with Crippen molar-refractivity contribution in [2.45, 2.75) is 0 Å². The Hall–Kier alpha value is -0.810. The van der Waals surface area contributed by atoms with Gasteiger partial charge >= 0.3 is 0 Å². The number of carbonyl (C=O) groups is 1. The van der Waals surface area contributed by atoms with Gasteiger partial charge in [-0.05, 0) is 6.26 Å². The standard InChI is InChI=1S/C8H10ClN3OS/c1-14-3-2-11-8(13)6-4-10-5-7(9)12-6/h4-5H,2-3H2,1H3,(H,11,13). The van der Waals surface area contributed by atoms with Crippen molar-refractivity contribution in [1.82, 2.24) is 15.3 Å². The summed E-state index contributed by atoms with van der Waals surface area (Å²) in [5.41, 5.74) is 0.249. The molecular weight excluding hydrogens is 222 g/mol. The summed E-state index contributed by atoms with van der Waals surface area (Å²) in [7, 11) is 0. The third-order valence-electron chi connectivity index (χ3n) is 1.43. The topological polar surface area (TPSA) is 54.9 Å². The van der Waals surface area contributed by atoms with E-state index in [1.54, 1.807) is 11.8 Å². The zero-order valence-electron chi connectivity index (χ0n) is 7.66. The summed E-state index contributed by atoms with van der Waals surface area (Å²) in [4.78, 5) is 19.0. The van der Waals surface area contributed by atoms with Crippen LogP contribution in [0.2, 0.25) is 5.15 Å². The normalized spacial score (nSPS) is 9.86. The molecule has 6 heteroatoms. The van der Waals surface area contributed by atoms with Crippen LogP contribution in [0.1, 0.15) is 10.5 Å². The number of carbonyl (C=O) groups excluding carboxylic acids is 1. The first kappa shape index (κ1) is 11.3. The Morgan fingerprint density at radius 2 is 2.43 bits per heavy atom. The summed E-state index contributed by atoms with van der Waals surface area (Å²) in [5, 5.41) is 2.93. The van der Waals surface area contributed by atoms with E-state index in [9.17, 15) is 4.79 Å². The van der Waals surface area contributed by atoms with Crippen molar-refractivity contribution in [3.05, 3.63) is 23.2 Å². The third kappa shape index (κ3) is 3.51. The molecule has 0 aliphatic carbocycles. The summed E-state index contributed by atoms with van der Waals surface area (Å²) in [6.45, 7) is 0.619. The number of amides is 1. The Kier molecular flexibility index (Phi) is 4.69. The number of rotatable bonds is 4. The smallest absolute Gasteiger partial charge is 0.271 e. The van der Waals surface area contributed by atoms with Gasteiger partial charge in [-0.3, -0.25) is 9.78 Å². The molecule has 1 rings (SSSR count). The van der Waals surface area contributed by atoms with E-state index in [0.29, 0.717) is 6.54 Å². The van der Waals surface area contributed by atoms with Crippen molar-refractivity contribution in [2.75, 3.05) is 18.6 Å². The van der Waals surface area contributed by atoms with Gasteiger partial charge in [-0.25, -0.2) is 4.98 Å². The quantitative estimate of drug-likeness (QED) is 0.792. The predicted octanol–water partition coefficient (Wildman–Crippen LogP) is 1.22. The molecule has 0 atom stereocenters. The summed E-state index contributed by atoms with van der Waals surface area (Å²) < 4.78 is 0. The Balaban J connectivity index is 2.52. The molecule has 0 saturated carbocycles. The third-order valence-corrected chi connectivity index (χ3v) is 2.22. The van der Waals surface area contributed by atoms with Gasteiger partial charge in [-0.2, -0.15) is 11.8 Å². The predicted molar refractivity (Wildman–Crippen MR) is 57.8 cm³/mol. The van der Waals surface area contributed by atoms with Crippen LogP contribution in [-0.4, -0.2) is 34.4 Å². The fourth-order valence-corrected chi connectivity index (χ4v) is 1.26. The van der Waals surface area contributed by atoms with Crippen LogP contribution >= 0.6 is 23.4 Å². The SMILES string of the molecule is CSCCNC(=O)c1cncc(Cl)n1. The Morgan fingerprint density at radius 1 is 1.64 bits per heavy atom. The molecule has 0 unspecified atom stereocenters. The Bertz CT molecular complexity index is 321. The number of nitrogens with one attached hydrogen (secondary N) is 1. The zero-order chi connectivity index (χ0) is 10.4. The van der Waals surface area contributed by atoms with E-state index in [-0.39, 0.29) is 16.8 Å². The van der Waals surface area contributed by atoms with Crippen molar-refractivity contribution in [2.24, 2.45) is 0 Å². The maximum Gasteiger partial charge on any atom is 0.271 e. The number of hydrogen-bond acceptors (Lipinski definition) is 4. The number of aromatic nitrogens is 2. The lowest BCUT2D eigenvalue weighted by molar-refractivity contribution is 0.0951. The molecule has 4 nitrogen and oxygen atoms in total. The summed E-state index contributed by atoms with van der Waals surface area (Å²) in [6, 6.07) is 0. The molecule has 0 bridgehead atoms. The van der Waals surface area contributed by atoms with Crippen LogP contribution in [0.15, 0.2) is 12.4 Å². The summed E-state index contributed by atoms with van der Waals surface area (Å²) in [5.74, 6) is 0.633. The van der Waals surface area contributed by atoms with E-state index in [0.717, 1.165) is 5.75 Å². The van der Waals surface area contributed by atoms with Crippen LogP contribution in [0.5, 0.6) is 0 Å². The molecular formula is C8H10ClN3OS. The molecule has 14 heavy (non-hydrogen) atoms. The van der Waals surface area contributed by atoms with Crippen molar-refractivity contribution >= 4 is 29.3 Å². The number of halogens is 1. The molecule has 0 radical (unpaired) electrons. The van der Waals surface area contributed by atoms with Crippen molar-refractivity contribution in [3.63, 3.8) is 0 Å². The van der Waals surface area contributed by atoms with Gasteiger partial charge in [0, 0.05) is 12.3 Å². The number of nitrogens with zero attached hydrogens (tertiary/aromatic N) is 2. The molecule has 1 aromatic rings. The highest BCUT2D eigenvalue weighted by Gasteiger charge is 2.06. The fourth-order valence-electron chi connectivity index (χ4n) is 0.809. The fraction of sp³-hybridized carbons (Fsp3) is 0.375. The second-order valence-corrected chi connectivity index (χ2v) is 3.85. The molecule has 1 heterocycles. The summed E-state index contributed by atoms with van der Waals surface area (Å²) >= 11 is 7.26. The minimum absolute atomic E-state index is 0.225. The van der Waals surface area contributed by atoms with Gasteiger partial charge in [0.15, 0.2) is 0 Å². The van der Waals surface area contributed by atoms with E-state index in [1.807, 2.05) is 6.26 Å². The molecule has 0 aliphatic heterocycles. The van der Waals surface area contributed by atoms with Gasteiger partial charge < -0.3 is 5.32 Å². The van der Waals surface area contributed by atoms with Crippen LogP contribution in [-0.2, 0) is 0 Å². The van der Waals surface area contributed by atoms with Gasteiger partial charge in [-0.1, -0.05) is 11.6 Å². The maximum atomic E-state index is 11.4. The molecule has 0 aromatic carbocycles. The molecule has 0 aliphatic rings. The molecule has 1 aromatic heterocycles. The van der Waals surface area contributed by atoms with Gasteiger partial charge in [0.2, 0.25) is 0 Å². The van der Waals surface area contributed by atoms with Crippen molar-refractivity contribution in [1.29, 1.82) is 0 Å². The lowest BCUT2D eigenvalue weighted by atomic mass is 10.4. The molecule has 0 spiro atoms. The second kappa shape index (κ2) is 5.82. The van der Waals surface area contributed by atoms with Crippen LogP contribution in [0, 0.1) is 0 Å². The number of thioether (sulfide) groups is 1. The van der Waals surface area contributed by atoms with Gasteiger partial charge in [0.1, 0.15) is 10.8 Å². The van der Waals surface area contributed by atoms with Crippen LogP contribution < -0.4 is 5.32 Å². The lowest BCUT2D eigenvalue weighted by Crippen LogP contribution is -2.26. The van der Waals surface area contributed by atoms with Crippen LogP contribution in [0.3, 0.4) is 0 Å². The monoisotopic (exact) mass is 231 g/mol.